The molecule has 0 saturated carbocycles. The van der Waals surface area contributed by atoms with E-state index in [0.717, 1.165) is 32.1 Å². The average Bonchev–Trinajstić information content (AvgIpc) is 2.62. The van der Waals surface area contributed by atoms with Crippen LogP contribution in [0.15, 0.2) is 12.2 Å². The van der Waals surface area contributed by atoms with Gasteiger partial charge in [-0.05, 0) is 44.9 Å². The van der Waals surface area contributed by atoms with Crippen LogP contribution >= 0.6 is 0 Å². The Morgan fingerprint density at radius 2 is 1.54 bits per heavy atom. The lowest BCUT2D eigenvalue weighted by atomic mass is 10.1. The average molecular weight is 369 g/mol. The summed E-state index contributed by atoms with van der Waals surface area (Å²) in [6.45, 7) is 2.84. The minimum atomic E-state index is -0.964. The van der Waals surface area contributed by atoms with Crippen LogP contribution in [0.4, 0.5) is 0 Å². The van der Waals surface area contributed by atoms with Crippen molar-refractivity contribution in [2.24, 2.45) is 5.73 Å². The van der Waals surface area contributed by atoms with Crippen molar-refractivity contribution >= 4 is 11.9 Å². The summed E-state index contributed by atoms with van der Waals surface area (Å²) in [6.07, 6.45) is 19.3. The van der Waals surface area contributed by atoms with Gasteiger partial charge in [-0.3, -0.25) is 9.59 Å². The van der Waals surface area contributed by atoms with Gasteiger partial charge in [0.2, 0.25) is 5.91 Å². The van der Waals surface area contributed by atoms with E-state index in [1.54, 1.807) is 0 Å². The maximum atomic E-state index is 11.7. The molecule has 5 nitrogen and oxygen atoms in total. The second-order valence-corrected chi connectivity index (χ2v) is 7.06. The van der Waals surface area contributed by atoms with Gasteiger partial charge < -0.3 is 16.2 Å². The summed E-state index contributed by atoms with van der Waals surface area (Å²) < 4.78 is 0. The maximum absolute atomic E-state index is 11.7. The first-order valence-electron chi connectivity index (χ1n) is 10.5. The van der Waals surface area contributed by atoms with E-state index in [9.17, 15) is 9.59 Å². The number of hydrogen-bond acceptors (Lipinski definition) is 3. The van der Waals surface area contributed by atoms with Crippen LogP contribution in [0, 0.1) is 0 Å². The summed E-state index contributed by atoms with van der Waals surface area (Å²) in [7, 11) is 0. The van der Waals surface area contributed by atoms with Gasteiger partial charge in [0, 0.05) is 13.0 Å². The number of carbonyl (C=O) groups is 2. The molecule has 0 heterocycles. The minimum Gasteiger partial charge on any atom is -0.480 e. The van der Waals surface area contributed by atoms with Gasteiger partial charge in [-0.2, -0.15) is 0 Å². The highest BCUT2D eigenvalue weighted by Gasteiger charge is 2.10. The van der Waals surface area contributed by atoms with Gasteiger partial charge in [-0.1, -0.05) is 57.6 Å². The number of hydrogen-bond donors (Lipinski definition) is 3. The van der Waals surface area contributed by atoms with Crippen molar-refractivity contribution in [3.63, 3.8) is 0 Å². The second kappa shape index (κ2) is 18.4. The SMILES string of the molecule is CCCCCCCCC/C=C/CCCC(=O)NCCCC[C@H](N)C(=O)O. The lowest BCUT2D eigenvalue weighted by Gasteiger charge is -2.07. The number of carboxylic acid groups (broad SMARTS) is 1. The predicted molar refractivity (Wildman–Crippen MR) is 108 cm³/mol. The second-order valence-electron chi connectivity index (χ2n) is 7.06. The van der Waals surface area contributed by atoms with Crippen LogP contribution in [0.3, 0.4) is 0 Å². The molecule has 0 spiro atoms. The standard InChI is InChI=1S/C21H40N2O3/c1-2-3-4-5-6-7-8-9-10-11-12-13-17-20(24)23-18-15-14-16-19(22)21(25)26/h10-11,19H,2-9,12-18,22H2,1H3,(H,23,24)(H,25,26)/b11-10+/t19-/m0/s1. The summed E-state index contributed by atoms with van der Waals surface area (Å²) in [5, 5.41) is 11.5. The van der Waals surface area contributed by atoms with E-state index in [4.69, 9.17) is 10.8 Å². The Hall–Kier alpha value is -1.36. The molecule has 0 aliphatic carbocycles. The number of unbranched alkanes of at least 4 members (excludes halogenated alkanes) is 9. The Bertz CT molecular complexity index is 383. The van der Waals surface area contributed by atoms with Crippen molar-refractivity contribution in [2.75, 3.05) is 6.54 Å². The fourth-order valence-electron chi connectivity index (χ4n) is 2.76. The topological polar surface area (TPSA) is 92.4 Å². The molecule has 1 amide bonds. The fraction of sp³-hybridized carbons (Fsp3) is 0.810. The molecular weight excluding hydrogens is 328 g/mol. The zero-order valence-electron chi connectivity index (χ0n) is 16.7. The molecule has 5 heteroatoms. The zero-order valence-corrected chi connectivity index (χ0v) is 16.7. The number of carboxylic acids is 1. The Kier molecular flexibility index (Phi) is 17.5. The van der Waals surface area contributed by atoms with Crippen LogP contribution in [-0.4, -0.2) is 29.6 Å². The molecule has 0 unspecified atom stereocenters. The van der Waals surface area contributed by atoms with Crippen molar-refractivity contribution in [1.29, 1.82) is 0 Å². The molecule has 0 aliphatic heterocycles. The molecule has 0 saturated heterocycles. The van der Waals surface area contributed by atoms with E-state index in [0.29, 0.717) is 19.4 Å². The normalized spacial score (nSPS) is 12.4. The van der Waals surface area contributed by atoms with E-state index in [2.05, 4.69) is 24.4 Å². The maximum Gasteiger partial charge on any atom is 0.320 e. The Balaban J connectivity index is 3.34. The smallest absolute Gasteiger partial charge is 0.320 e. The molecule has 4 N–H and O–H groups in total. The number of amides is 1. The van der Waals surface area contributed by atoms with E-state index in [-0.39, 0.29) is 5.91 Å². The molecule has 1 atom stereocenters. The number of rotatable bonds is 18. The third kappa shape index (κ3) is 17.5. The van der Waals surface area contributed by atoms with Crippen LogP contribution in [0.2, 0.25) is 0 Å². The molecule has 0 aliphatic rings. The van der Waals surface area contributed by atoms with Crippen LogP contribution in [-0.2, 0) is 9.59 Å². The van der Waals surface area contributed by atoms with E-state index < -0.39 is 12.0 Å². The molecule has 0 aromatic carbocycles. The molecule has 0 radical (unpaired) electrons. The zero-order chi connectivity index (χ0) is 19.5. The van der Waals surface area contributed by atoms with Gasteiger partial charge in [0.1, 0.15) is 6.04 Å². The van der Waals surface area contributed by atoms with Crippen LogP contribution in [0.5, 0.6) is 0 Å². The quantitative estimate of drug-likeness (QED) is 0.244. The largest absolute Gasteiger partial charge is 0.480 e. The van der Waals surface area contributed by atoms with Gasteiger partial charge in [-0.25, -0.2) is 0 Å². The van der Waals surface area contributed by atoms with Gasteiger partial charge in [0.25, 0.3) is 0 Å². The van der Waals surface area contributed by atoms with Gasteiger partial charge in [-0.15, -0.1) is 0 Å². The molecule has 0 bridgehead atoms. The lowest BCUT2D eigenvalue weighted by molar-refractivity contribution is -0.138. The summed E-state index contributed by atoms with van der Waals surface area (Å²) in [5.41, 5.74) is 5.42. The van der Waals surface area contributed by atoms with Crippen molar-refractivity contribution < 1.29 is 14.7 Å². The molecule has 0 fully saturated rings. The summed E-state index contributed by atoms with van der Waals surface area (Å²) in [4.78, 5) is 22.2. The minimum absolute atomic E-state index is 0.0769. The number of aliphatic carboxylic acids is 1. The lowest BCUT2D eigenvalue weighted by Crippen LogP contribution is -2.30. The molecule has 152 valence electrons. The van der Waals surface area contributed by atoms with Crippen molar-refractivity contribution in [3.8, 4) is 0 Å². The summed E-state index contributed by atoms with van der Waals surface area (Å²) in [6, 6.07) is -0.793. The van der Waals surface area contributed by atoms with Gasteiger partial charge in [0.15, 0.2) is 0 Å². The van der Waals surface area contributed by atoms with Crippen LogP contribution in [0.1, 0.15) is 96.8 Å². The number of nitrogens with one attached hydrogen (secondary N) is 1. The molecule has 26 heavy (non-hydrogen) atoms. The molecule has 0 rings (SSSR count). The number of allylic oxidation sites excluding steroid dienone is 2. The van der Waals surface area contributed by atoms with Crippen molar-refractivity contribution in [2.45, 2.75) is 103 Å². The van der Waals surface area contributed by atoms with Crippen molar-refractivity contribution in [1.82, 2.24) is 5.32 Å². The first-order chi connectivity index (χ1) is 12.6. The highest BCUT2D eigenvalue weighted by atomic mass is 16.4. The van der Waals surface area contributed by atoms with E-state index in [1.165, 1.54) is 44.9 Å². The van der Waals surface area contributed by atoms with Gasteiger partial charge in [0.05, 0.1) is 0 Å². The predicted octanol–water partition coefficient (Wildman–Crippen LogP) is 4.55. The molecule has 0 aromatic rings. The molecular formula is C21H40N2O3. The third-order valence-electron chi connectivity index (χ3n) is 4.50. The summed E-state index contributed by atoms with van der Waals surface area (Å²) >= 11 is 0. The monoisotopic (exact) mass is 368 g/mol. The highest BCUT2D eigenvalue weighted by Crippen LogP contribution is 2.09. The Morgan fingerprint density at radius 1 is 0.923 bits per heavy atom. The van der Waals surface area contributed by atoms with Crippen molar-refractivity contribution in [3.05, 3.63) is 12.2 Å². The Morgan fingerprint density at radius 3 is 2.19 bits per heavy atom. The van der Waals surface area contributed by atoms with E-state index in [1.807, 2.05) is 0 Å². The van der Waals surface area contributed by atoms with Gasteiger partial charge >= 0.3 is 5.97 Å². The Labute approximate surface area is 159 Å². The van der Waals surface area contributed by atoms with Crippen LogP contribution in [0.25, 0.3) is 0 Å². The summed E-state index contributed by atoms with van der Waals surface area (Å²) in [5.74, 6) is -0.887. The number of nitrogens with two attached hydrogens (primary N) is 1. The fourth-order valence-corrected chi connectivity index (χ4v) is 2.76. The first kappa shape index (κ1) is 24.6. The van der Waals surface area contributed by atoms with E-state index >= 15 is 0 Å². The molecule has 0 aromatic heterocycles. The number of carbonyl (C=O) groups excluding carboxylic acids is 1. The highest BCUT2D eigenvalue weighted by molar-refractivity contribution is 5.75. The third-order valence-corrected chi connectivity index (χ3v) is 4.50. The first-order valence-corrected chi connectivity index (χ1v) is 10.5. The van der Waals surface area contributed by atoms with Crippen LogP contribution < -0.4 is 11.1 Å².